The second-order valence-electron chi connectivity index (χ2n) is 8.01. The van der Waals surface area contributed by atoms with E-state index in [4.69, 9.17) is 4.74 Å². The summed E-state index contributed by atoms with van der Waals surface area (Å²) < 4.78 is 5.47. The van der Waals surface area contributed by atoms with E-state index >= 15 is 0 Å². The first-order chi connectivity index (χ1) is 14.6. The molecule has 2 fully saturated rings. The Balaban J connectivity index is 1.41. The van der Waals surface area contributed by atoms with Crippen LogP contribution in [0.3, 0.4) is 0 Å². The second kappa shape index (κ2) is 9.30. The number of hydrogen-bond acceptors (Lipinski definition) is 4. The second-order valence-corrected chi connectivity index (χ2v) is 8.01. The van der Waals surface area contributed by atoms with Crippen LogP contribution in [0.4, 0.5) is 5.69 Å². The van der Waals surface area contributed by atoms with Crippen molar-refractivity contribution in [2.45, 2.75) is 25.9 Å². The average molecular weight is 408 g/mol. The van der Waals surface area contributed by atoms with Crippen molar-refractivity contribution in [2.75, 3.05) is 44.8 Å². The van der Waals surface area contributed by atoms with Gasteiger partial charge in [0.1, 0.15) is 0 Å². The van der Waals surface area contributed by atoms with Crippen LogP contribution in [0.1, 0.15) is 34.3 Å². The number of rotatable bonds is 6. The van der Waals surface area contributed by atoms with Gasteiger partial charge in [-0.25, -0.2) is 0 Å². The van der Waals surface area contributed by atoms with E-state index < -0.39 is 0 Å². The number of carbonyl (C=O) groups excluding carboxylic acids is 2. The van der Waals surface area contributed by atoms with Crippen molar-refractivity contribution >= 4 is 17.5 Å². The van der Waals surface area contributed by atoms with Gasteiger partial charge in [-0.05, 0) is 35.7 Å². The zero-order chi connectivity index (χ0) is 20.9. The molecule has 2 aromatic carbocycles. The molecule has 2 aliphatic heterocycles. The Morgan fingerprint density at radius 3 is 2.47 bits per heavy atom. The SMILES string of the molecule is CN(Cc1ccccc1N1CCOCC1)C(=O)c1ccc(CN2CCCC2=O)cc1. The highest BCUT2D eigenvalue weighted by molar-refractivity contribution is 5.94. The third-order valence-electron chi connectivity index (χ3n) is 5.84. The van der Waals surface area contributed by atoms with E-state index in [1.807, 2.05) is 48.3 Å². The van der Waals surface area contributed by atoms with E-state index in [-0.39, 0.29) is 11.8 Å². The van der Waals surface area contributed by atoms with Crippen LogP contribution < -0.4 is 4.90 Å². The Bertz CT molecular complexity index is 891. The highest BCUT2D eigenvalue weighted by atomic mass is 16.5. The highest BCUT2D eigenvalue weighted by Crippen LogP contribution is 2.23. The molecule has 30 heavy (non-hydrogen) atoms. The van der Waals surface area contributed by atoms with Gasteiger partial charge in [0.15, 0.2) is 0 Å². The quantitative estimate of drug-likeness (QED) is 0.739. The summed E-state index contributed by atoms with van der Waals surface area (Å²) in [7, 11) is 1.84. The molecule has 2 saturated heterocycles. The van der Waals surface area contributed by atoms with Crippen LogP contribution >= 0.6 is 0 Å². The molecule has 0 N–H and O–H groups in total. The number of morpholine rings is 1. The topological polar surface area (TPSA) is 53.1 Å². The molecular formula is C24H29N3O3. The van der Waals surface area contributed by atoms with Crippen LogP contribution in [0.2, 0.25) is 0 Å². The summed E-state index contributed by atoms with van der Waals surface area (Å²) in [6, 6.07) is 15.9. The van der Waals surface area contributed by atoms with E-state index in [0.717, 1.165) is 50.4 Å². The van der Waals surface area contributed by atoms with Crippen molar-refractivity contribution in [3.05, 3.63) is 65.2 Å². The van der Waals surface area contributed by atoms with E-state index in [9.17, 15) is 9.59 Å². The van der Waals surface area contributed by atoms with Crippen molar-refractivity contribution in [3.8, 4) is 0 Å². The molecule has 0 atom stereocenters. The smallest absolute Gasteiger partial charge is 0.253 e. The molecule has 0 radical (unpaired) electrons. The minimum atomic E-state index is -0.00409. The number of amides is 2. The summed E-state index contributed by atoms with van der Waals surface area (Å²) in [6.45, 7) is 5.21. The van der Waals surface area contributed by atoms with Crippen LogP contribution in [0, 0.1) is 0 Å². The van der Waals surface area contributed by atoms with Gasteiger partial charge in [0.2, 0.25) is 5.91 Å². The first kappa shape index (κ1) is 20.4. The lowest BCUT2D eigenvalue weighted by atomic mass is 10.1. The summed E-state index contributed by atoms with van der Waals surface area (Å²) in [6.07, 6.45) is 1.58. The van der Waals surface area contributed by atoms with Crippen molar-refractivity contribution in [3.63, 3.8) is 0 Å². The predicted molar refractivity (Wildman–Crippen MR) is 116 cm³/mol. The van der Waals surface area contributed by atoms with E-state index in [2.05, 4.69) is 17.0 Å². The molecule has 6 nitrogen and oxygen atoms in total. The van der Waals surface area contributed by atoms with E-state index in [0.29, 0.717) is 25.1 Å². The molecule has 4 rings (SSSR count). The summed E-state index contributed by atoms with van der Waals surface area (Å²) in [4.78, 5) is 30.8. The molecular weight excluding hydrogens is 378 g/mol. The largest absolute Gasteiger partial charge is 0.378 e. The van der Waals surface area contributed by atoms with Crippen molar-refractivity contribution in [1.82, 2.24) is 9.80 Å². The molecule has 2 aromatic rings. The zero-order valence-electron chi connectivity index (χ0n) is 17.5. The normalized spacial score (nSPS) is 16.8. The molecule has 0 saturated carbocycles. The lowest BCUT2D eigenvalue weighted by molar-refractivity contribution is -0.128. The molecule has 2 amide bonds. The number of nitrogens with zero attached hydrogens (tertiary/aromatic N) is 3. The van der Waals surface area contributed by atoms with E-state index in [1.165, 1.54) is 5.69 Å². The van der Waals surface area contributed by atoms with Crippen LogP contribution in [0.25, 0.3) is 0 Å². The predicted octanol–water partition coefficient (Wildman–Crippen LogP) is 2.92. The van der Waals surface area contributed by atoms with Crippen LogP contribution in [0.15, 0.2) is 48.5 Å². The molecule has 2 heterocycles. The molecule has 0 bridgehead atoms. The fourth-order valence-corrected chi connectivity index (χ4v) is 4.15. The van der Waals surface area contributed by atoms with Crippen LogP contribution in [-0.2, 0) is 22.6 Å². The third kappa shape index (κ3) is 4.65. The maximum Gasteiger partial charge on any atom is 0.253 e. The Kier molecular flexibility index (Phi) is 6.33. The third-order valence-corrected chi connectivity index (χ3v) is 5.84. The Hall–Kier alpha value is -2.86. The van der Waals surface area contributed by atoms with Gasteiger partial charge >= 0.3 is 0 Å². The minimum Gasteiger partial charge on any atom is -0.378 e. The zero-order valence-corrected chi connectivity index (χ0v) is 17.5. The van der Waals surface area contributed by atoms with Gasteiger partial charge in [-0.3, -0.25) is 9.59 Å². The minimum absolute atomic E-state index is 0.00409. The van der Waals surface area contributed by atoms with Gasteiger partial charge < -0.3 is 19.4 Å². The number of anilines is 1. The van der Waals surface area contributed by atoms with Gasteiger partial charge in [0.25, 0.3) is 5.91 Å². The van der Waals surface area contributed by atoms with Gasteiger partial charge in [-0.2, -0.15) is 0 Å². The molecule has 0 aromatic heterocycles. The molecule has 158 valence electrons. The first-order valence-corrected chi connectivity index (χ1v) is 10.6. The number of benzene rings is 2. The maximum absolute atomic E-state index is 13.0. The molecule has 2 aliphatic rings. The Morgan fingerprint density at radius 1 is 1.03 bits per heavy atom. The number of ether oxygens (including phenoxy) is 1. The number of likely N-dealkylation sites (tertiary alicyclic amines) is 1. The summed E-state index contributed by atoms with van der Waals surface area (Å²) >= 11 is 0. The van der Waals surface area contributed by atoms with E-state index in [1.54, 1.807) is 4.90 Å². The molecule has 0 unspecified atom stereocenters. The Morgan fingerprint density at radius 2 is 1.77 bits per heavy atom. The Labute approximate surface area is 178 Å². The number of para-hydroxylation sites is 1. The van der Waals surface area contributed by atoms with Crippen molar-refractivity contribution < 1.29 is 14.3 Å². The summed E-state index contributed by atoms with van der Waals surface area (Å²) in [5, 5.41) is 0. The van der Waals surface area contributed by atoms with Crippen molar-refractivity contribution in [1.29, 1.82) is 0 Å². The van der Waals surface area contributed by atoms with Gasteiger partial charge in [-0.15, -0.1) is 0 Å². The molecule has 0 spiro atoms. The standard InChI is InChI=1S/C24H29N3O3/c1-25(18-21-5-2-3-6-22(21)26-13-15-30-16-14-26)24(29)20-10-8-19(9-11-20)17-27-12-4-7-23(27)28/h2-3,5-6,8-11H,4,7,12-18H2,1H3. The fourth-order valence-electron chi connectivity index (χ4n) is 4.15. The summed E-state index contributed by atoms with van der Waals surface area (Å²) in [5.74, 6) is 0.212. The number of hydrogen-bond donors (Lipinski definition) is 0. The lowest BCUT2D eigenvalue weighted by Crippen LogP contribution is -2.37. The highest BCUT2D eigenvalue weighted by Gasteiger charge is 2.21. The monoisotopic (exact) mass is 407 g/mol. The van der Waals surface area contributed by atoms with Crippen molar-refractivity contribution in [2.24, 2.45) is 0 Å². The fraction of sp³-hybridized carbons (Fsp3) is 0.417. The van der Waals surface area contributed by atoms with Gasteiger partial charge in [-0.1, -0.05) is 30.3 Å². The maximum atomic E-state index is 13.0. The number of carbonyl (C=O) groups is 2. The lowest BCUT2D eigenvalue weighted by Gasteiger charge is -2.31. The van der Waals surface area contributed by atoms with Gasteiger partial charge in [0.05, 0.1) is 13.2 Å². The summed E-state index contributed by atoms with van der Waals surface area (Å²) in [5.41, 5.74) is 4.03. The first-order valence-electron chi connectivity index (χ1n) is 10.6. The average Bonchev–Trinajstić information content (AvgIpc) is 3.19. The molecule has 6 heteroatoms. The van der Waals surface area contributed by atoms with Crippen LogP contribution in [0.5, 0.6) is 0 Å². The molecule has 0 aliphatic carbocycles. The van der Waals surface area contributed by atoms with Crippen LogP contribution in [-0.4, -0.2) is 61.5 Å². The van der Waals surface area contributed by atoms with Gasteiger partial charge in [0, 0.05) is 57.4 Å².